The molecule has 3 aromatic rings. The first-order valence-corrected chi connectivity index (χ1v) is 8.10. The number of rotatable bonds is 5. The number of hydrogen-bond acceptors (Lipinski definition) is 4. The van der Waals surface area contributed by atoms with E-state index in [1.807, 2.05) is 35.8 Å². The molecule has 1 aromatic heterocycles. The van der Waals surface area contributed by atoms with Gasteiger partial charge in [-0.3, -0.25) is 10.1 Å². The average molecular weight is 331 g/mol. The van der Waals surface area contributed by atoms with Crippen LogP contribution in [0.25, 0.3) is 11.0 Å². The molecule has 118 valence electrons. The number of aromatic nitrogens is 2. The first-order chi connectivity index (χ1) is 11.1. The zero-order valence-electron chi connectivity index (χ0n) is 12.4. The highest BCUT2D eigenvalue weighted by atomic mass is 32.2. The topological polar surface area (TPSA) is 61.0 Å². The molecule has 7 heteroatoms. The van der Waals surface area contributed by atoms with Crippen LogP contribution in [0.15, 0.2) is 47.6 Å². The lowest BCUT2D eigenvalue weighted by molar-refractivity contribution is -0.385. The lowest BCUT2D eigenvalue weighted by atomic mass is 10.2. The first kappa shape index (κ1) is 15.5. The van der Waals surface area contributed by atoms with Gasteiger partial charge in [0, 0.05) is 18.4 Å². The molecule has 0 bridgehead atoms. The van der Waals surface area contributed by atoms with E-state index in [2.05, 4.69) is 4.98 Å². The van der Waals surface area contributed by atoms with Gasteiger partial charge in [0.15, 0.2) is 5.16 Å². The summed E-state index contributed by atoms with van der Waals surface area (Å²) in [5, 5.41) is 11.8. The van der Waals surface area contributed by atoms with Gasteiger partial charge in [-0.25, -0.2) is 9.37 Å². The number of nitro benzene ring substituents is 1. The van der Waals surface area contributed by atoms with Crippen molar-refractivity contribution in [1.29, 1.82) is 0 Å². The van der Waals surface area contributed by atoms with Crippen LogP contribution in [0, 0.1) is 15.9 Å². The maximum Gasteiger partial charge on any atom is 0.276 e. The normalized spacial score (nSPS) is 11.0. The van der Waals surface area contributed by atoms with Gasteiger partial charge in [-0.2, -0.15) is 0 Å². The van der Waals surface area contributed by atoms with Gasteiger partial charge >= 0.3 is 0 Å². The van der Waals surface area contributed by atoms with Gasteiger partial charge < -0.3 is 4.57 Å². The minimum Gasteiger partial charge on any atom is -0.319 e. The number of hydrogen-bond donors (Lipinski definition) is 0. The van der Waals surface area contributed by atoms with Gasteiger partial charge in [0.05, 0.1) is 21.5 Å². The minimum absolute atomic E-state index is 0.0946. The van der Waals surface area contributed by atoms with Gasteiger partial charge in [-0.1, -0.05) is 30.0 Å². The molecule has 0 aliphatic heterocycles. The molecule has 5 nitrogen and oxygen atoms in total. The molecule has 23 heavy (non-hydrogen) atoms. The number of aryl methyl sites for hydroxylation is 1. The molecule has 2 aromatic carbocycles. The fraction of sp³-hybridized carbons (Fsp3) is 0.188. The number of halogens is 1. The number of nitrogens with zero attached hydrogens (tertiary/aromatic N) is 3. The third-order valence-electron chi connectivity index (χ3n) is 3.57. The Hall–Kier alpha value is -2.41. The zero-order valence-corrected chi connectivity index (χ0v) is 13.2. The molecule has 0 spiro atoms. The highest BCUT2D eigenvalue weighted by molar-refractivity contribution is 7.98. The van der Waals surface area contributed by atoms with Crippen LogP contribution in [0.4, 0.5) is 10.1 Å². The van der Waals surface area contributed by atoms with Crippen molar-refractivity contribution in [1.82, 2.24) is 9.55 Å². The van der Waals surface area contributed by atoms with Crippen molar-refractivity contribution < 1.29 is 9.31 Å². The van der Waals surface area contributed by atoms with Crippen LogP contribution in [-0.4, -0.2) is 14.5 Å². The standard InChI is InChI=1S/C16H14FN3O2S/c1-2-19-15-8-4-3-7-13(15)18-16(19)23-10-11-12(17)6-5-9-14(11)20(21)22/h3-9H,2,10H2,1H3. The summed E-state index contributed by atoms with van der Waals surface area (Å²) in [5.41, 5.74) is 1.76. The second-order valence-electron chi connectivity index (χ2n) is 4.91. The molecule has 0 amide bonds. The summed E-state index contributed by atoms with van der Waals surface area (Å²) in [7, 11) is 0. The summed E-state index contributed by atoms with van der Waals surface area (Å²) < 4.78 is 16.0. The van der Waals surface area contributed by atoms with Crippen molar-refractivity contribution in [3.05, 3.63) is 64.0 Å². The maximum atomic E-state index is 14.0. The highest BCUT2D eigenvalue weighted by Crippen LogP contribution is 2.31. The van der Waals surface area contributed by atoms with E-state index in [0.29, 0.717) is 0 Å². The van der Waals surface area contributed by atoms with Gasteiger partial charge in [0.1, 0.15) is 5.82 Å². The number of thioether (sulfide) groups is 1. The fourth-order valence-corrected chi connectivity index (χ4v) is 3.57. The molecule has 0 fully saturated rings. The Morgan fingerprint density at radius 2 is 2.04 bits per heavy atom. The summed E-state index contributed by atoms with van der Waals surface area (Å²) in [6.45, 7) is 2.73. The van der Waals surface area contributed by atoms with Crippen LogP contribution in [0.2, 0.25) is 0 Å². The van der Waals surface area contributed by atoms with E-state index in [-0.39, 0.29) is 17.0 Å². The summed E-state index contributed by atoms with van der Waals surface area (Å²) in [6.07, 6.45) is 0. The van der Waals surface area contributed by atoms with Crippen molar-refractivity contribution in [2.24, 2.45) is 0 Å². The molecule has 0 N–H and O–H groups in total. The molecular weight excluding hydrogens is 317 g/mol. The van der Waals surface area contributed by atoms with Gasteiger partial charge in [0.25, 0.3) is 5.69 Å². The molecule has 1 heterocycles. The smallest absolute Gasteiger partial charge is 0.276 e. The van der Waals surface area contributed by atoms with E-state index in [1.165, 1.54) is 30.0 Å². The molecule has 0 aliphatic carbocycles. The molecule has 0 radical (unpaired) electrons. The third kappa shape index (κ3) is 2.92. The fourth-order valence-electron chi connectivity index (χ4n) is 2.47. The van der Waals surface area contributed by atoms with Crippen LogP contribution in [-0.2, 0) is 12.3 Å². The van der Waals surface area contributed by atoms with Crippen LogP contribution >= 0.6 is 11.8 Å². The maximum absolute atomic E-state index is 14.0. The summed E-state index contributed by atoms with van der Waals surface area (Å²) in [5.74, 6) is -0.405. The van der Waals surface area contributed by atoms with Crippen LogP contribution in [0.1, 0.15) is 12.5 Å². The third-order valence-corrected chi connectivity index (χ3v) is 4.58. The molecule has 0 saturated carbocycles. The van der Waals surface area contributed by atoms with Crippen LogP contribution in [0.3, 0.4) is 0 Å². The van der Waals surface area contributed by atoms with Crippen LogP contribution < -0.4 is 0 Å². The summed E-state index contributed by atoms with van der Waals surface area (Å²) in [4.78, 5) is 15.0. The number of para-hydroxylation sites is 2. The number of benzene rings is 2. The number of fused-ring (bicyclic) bond motifs is 1. The van der Waals surface area contributed by atoms with Crippen molar-refractivity contribution in [3.63, 3.8) is 0 Å². The molecule has 0 atom stereocenters. The quantitative estimate of drug-likeness (QED) is 0.395. The van der Waals surface area contributed by atoms with E-state index >= 15 is 0 Å². The molecule has 3 rings (SSSR count). The van der Waals surface area contributed by atoms with Crippen molar-refractivity contribution >= 4 is 28.5 Å². The molecule has 0 unspecified atom stereocenters. The Morgan fingerprint density at radius 1 is 1.26 bits per heavy atom. The largest absolute Gasteiger partial charge is 0.319 e. The lowest BCUT2D eigenvalue weighted by Crippen LogP contribution is -2.00. The predicted molar refractivity (Wildman–Crippen MR) is 88.0 cm³/mol. The second kappa shape index (κ2) is 6.37. The number of imidazole rings is 1. The van der Waals surface area contributed by atoms with E-state index in [1.54, 1.807) is 0 Å². The Bertz CT molecular complexity index is 879. The van der Waals surface area contributed by atoms with E-state index < -0.39 is 10.7 Å². The Balaban J connectivity index is 1.94. The molecular formula is C16H14FN3O2S. The Labute approximate surface area is 136 Å². The van der Waals surface area contributed by atoms with Crippen LogP contribution in [0.5, 0.6) is 0 Å². The molecule has 0 aliphatic rings. The Morgan fingerprint density at radius 3 is 2.78 bits per heavy atom. The van der Waals surface area contributed by atoms with Gasteiger partial charge in [-0.05, 0) is 25.1 Å². The SMILES string of the molecule is CCn1c(SCc2c(F)cccc2[N+](=O)[O-])nc2ccccc21. The Kier molecular flexibility index (Phi) is 4.29. The summed E-state index contributed by atoms with van der Waals surface area (Å²) in [6, 6.07) is 11.6. The van der Waals surface area contributed by atoms with E-state index in [4.69, 9.17) is 0 Å². The zero-order chi connectivity index (χ0) is 16.4. The molecule has 0 saturated heterocycles. The number of nitro groups is 1. The lowest BCUT2D eigenvalue weighted by Gasteiger charge is -2.06. The van der Waals surface area contributed by atoms with Crippen molar-refractivity contribution in [3.8, 4) is 0 Å². The monoisotopic (exact) mass is 331 g/mol. The average Bonchev–Trinajstić information content (AvgIpc) is 2.90. The highest BCUT2D eigenvalue weighted by Gasteiger charge is 2.19. The van der Waals surface area contributed by atoms with Gasteiger partial charge in [-0.15, -0.1) is 0 Å². The van der Waals surface area contributed by atoms with Gasteiger partial charge in [0.2, 0.25) is 0 Å². The first-order valence-electron chi connectivity index (χ1n) is 7.11. The summed E-state index contributed by atoms with van der Waals surface area (Å²) >= 11 is 1.30. The van der Waals surface area contributed by atoms with Crippen molar-refractivity contribution in [2.45, 2.75) is 24.4 Å². The second-order valence-corrected chi connectivity index (χ2v) is 5.85. The minimum atomic E-state index is -0.564. The van der Waals surface area contributed by atoms with Crippen molar-refractivity contribution in [2.75, 3.05) is 0 Å². The predicted octanol–water partition coefficient (Wildman–Crippen LogP) is 4.40. The van der Waals surface area contributed by atoms with E-state index in [0.717, 1.165) is 22.7 Å². The van der Waals surface area contributed by atoms with E-state index in [9.17, 15) is 14.5 Å².